The van der Waals surface area contributed by atoms with Crippen LogP contribution in [0.1, 0.15) is 35.2 Å². The molecule has 0 aromatic heterocycles. The topological polar surface area (TPSA) is 49.3 Å². The maximum Gasteiger partial charge on any atom is 0.251 e. The molecule has 0 aliphatic heterocycles. The second kappa shape index (κ2) is 4.61. The van der Waals surface area contributed by atoms with Gasteiger partial charge in [0, 0.05) is 17.2 Å². The molecule has 0 heterocycles. The zero-order valence-corrected chi connectivity index (χ0v) is 8.87. The van der Waals surface area contributed by atoms with Crippen LogP contribution < -0.4 is 5.32 Å². The van der Waals surface area contributed by atoms with Crippen molar-refractivity contribution in [3.8, 4) is 0 Å². The van der Waals surface area contributed by atoms with Gasteiger partial charge in [-0.05, 0) is 31.4 Å². The molecule has 0 unspecified atom stereocenters. The van der Waals surface area contributed by atoms with Gasteiger partial charge in [-0.2, -0.15) is 0 Å². The standard InChI is InChI=1S/C12H14FNO2/c13-11-6-8(4-5-9(11)7-15)12(16)14-10-2-1-3-10/h4-6,10,15H,1-3,7H2,(H,14,16). The van der Waals surface area contributed by atoms with Crippen LogP contribution >= 0.6 is 0 Å². The number of hydrogen-bond donors (Lipinski definition) is 2. The fourth-order valence-electron chi connectivity index (χ4n) is 1.64. The smallest absolute Gasteiger partial charge is 0.251 e. The summed E-state index contributed by atoms with van der Waals surface area (Å²) in [4.78, 5) is 11.7. The van der Waals surface area contributed by atoms with Gasteiger partial charge in [0.25, 0.3) is 5.91 Å². The molecule has 0 atom stereocenters. The predicted molar refractivity (Wildman–Crippen MR) is 57.4 cm³/mol. The van der Waals surface area contributed by atoms with Crippen molar-refractivity contribution in [2.75, 3.05) is 0 Å². The van der Waals surface area contributed by atoms with Crippen molar-refractivity contribution in [1.82, 2.24) is 5.32 Å². The van der Waals surface area contributed by atoms with Crippen molar-refractivity contribution in [3.63, 3.8) is 0 Å². The van der Waals surface area contributed by atoms with Gasteiger partial charge < -0.3 is 10.4 Å². The summed E-state index contributed by atoms with van der Waals surface area (Å²) < 4.78 is 13.3. The third-order valence-corrected chi connectivity index (χ3v) is 2.93. The van der Waals surface area contributed by atoms with Crippen molar-refractivity contribution in [3.05, 3.63) is 35.1 Å². The Labute approximate surface area is 93.3 Å². The lowest BCUT2D eigenvalue weighted by Gasteiger charge is -2.26. The molecule has 1 aromatic rings. The van der Waals surface area contributed by atoms with Gasteiger partial charge in [0.05, 0.1) is 6.61 Å². The molecule has 1 saturated carbocycles. The van der Waals surface area contributed by atoms with E-state index in [1.54, 1.807) is 0 Å². The first-order valence-electron chi connectivity index (χ1n) is 5.41. The monoisotopic (exact) mass is 223 g/mol. The summed E-state index contributed by atoms with van der Waals surface area (Å²) in [7, 11) is 0. The van der Waals surface area contributed by atoms with Gasteiger partial charge in [0.15, 0.2) is 0 Å². The summed E-state index contributed by atoms with van der Waals surface area (Å²) in [6.07, 6.45) is 3.15. The number of nitrogens with one attached hydrogen (secondary N) is 1. The van der Waals surface area contributed by atoms with Crippen molar-refractivity contribution in [2.45, 2.75) is 31.9 Å². The highest BCUT2D eigenvalue weighted by Gasteiger charge is 2.20. The number of aliphatic hydroxyl groups is 1. The van der Waals surface area contributed by atoms with Crippen molar-refractivity contribution < 1.29 is 14.3 Å². The molecule has 1 amide bonds. The summed E-state index contributed by atoms with van der Waals surface area (Å²) >= 11 is 0. The number of aliphatic hydroxyl groups excluding tert-OH is 1. The first-order chi connectivity index (χ1) is 7.70. The Hall–Kier alpha value is -1.42. The van der Waals surface area contributed by atoms with E-state index >= 15 is 0 Å². The van der Waals surface area contributed by atoms with Gasteiger partial charge in [-0.3, -0.25) is 4.79 Å². The number of carbonyl (C=O) groups excluding carboxylic acids is 1. The van der Waals surface area contributed by atoms with Crippen molar-refractivity contribution >= 4 is 5.91 Å². The van der Waals surface area contributed by atoms with E-state index in [1.807, 2.05) is 0 Å². The number of carbonyl (C=O) groups is 1. The van der Waals surface area contributed by atoms with E-state index in [0.29, 0.717) is 5.56 Å². The average molecular weight is 223 g/mol. The molecule has 1 aliphatic carbocycles. The Bertz CT molecular complexity index is 402. The second-order valence-corrected chi connectivity index (χ2v) is 4.07. The molecule has 1 fully saturated rings. The number of amides is 1. The molecule has 4 heteroatoms. The van der Waals surface area contributed by atoms with E-state index in [-0.39, 0.29) is 24.1 Å². The third-order valence-electron chi connectivity index (χ3n) is 2.93. The molecule has 1 aliphatic rings. The van der Waals surface area contributed by atoms with E-state index < -0.39 is 5.82 Å². The Morgan fingerprint density at radius 3 is 2.75 bits per heavy atom. The Morgan fingerprint density at radius 2 is 2.25 bits per heavy atom. The molecule has 86 valence electrons. The highest BCUT2D eigenvalue weighted by atomic mass is 19.1. The summed E-state index contributed by atoms with van der Waals surface area (Å²) in [6, 6.07) is 4.38. The van der Waals surface area contributed by atoms with E-state index in [1.165, 1.54) is 18.2 Å². The van der Waals surface area contributed by atoms with Crippen molar-refractivity contribution in [2.24, 2.45) is 0 Å². The molecule has 0 spiro atoms. The van der Waals surface area contributed by atoms with Crippen LogP contribution in [-0.2, 0) is 6.61 Å². The van der Waals surface area contributed by atoms with Crippen LogP contribution in [0.25, 0.3) is 0 Å². The molecule has 0 saturated heterocycles. The van der Waals surface area contributed by atoms with Gasteiger partial charge in [-0.1, -0.05) is 6.07 Å². The largest absolute Gasteiger partial charge is 0.392 e. The first-order valence-corrected chi connectivity index (χ1v) is 5.41. The van der Waals surface area contributed by atoms with Crippen LogP contribution in [0.15, 0.2) is 18.2 Å². The molecule has 3 nitrogen and oxygen atoms in total. The molecule has 0 bridgehead atoms. The Balaban J connectivity index is 2.07. The summed E-state index contributed by atoms with van der Waals surface area (Å²) in [5.41, 5.74) is 0.516. The highest BCUT2D eigenvalue weighted by Crippen LogP contribution is 2.19. The van der Waals surface area contributed by atoms with Gasteiger partial charge in [-0.15, -0.1) is 0 Å². The molecule has 16 heavy (non-hydrogen) atoms. The number of benzene rings is 1. The summed E-state index contributed by atoms with van der Waals surface area (Å²) in [6.45, 7) is -0.351. The lowest BCUT2D eigenvalue weighted by Crippen LogP contribution is -2.39. The maximum absolute atomic E-state index is 13.3. The van der Waals surface area contributed by atoms with Gasteiger partial charge in [0.1, 0.15) is 5.82 Å². The predicted octanol–water partition coefficient (Wildman–Crippen LogP) is 1.60. The van der Waals surface area contributed by atoms with E-state index in [9.17, 15) is 9.18 Å². The lowest BCUT2D eigenvalue weighted by atomic mass is 9.93. The van der Waals surface area contributed by atoms with E-state index in [2.05, 4.69) is 5.32 Å². The van der Waals surface area contributed by atoms with Gasteiger partial charge in [-0.25, -0.2) is 4.39 Å². The lowest BCUT2D eigenvalue weighted by molar-refractivity contribution is 0.0916. The minimum atomic E-state index is -0.538. The van der Waals surface area contributed by atoms with E-state index in [0.717, 1.165) is 19.3 Å². The van der Waals surface area contributed by atoms with Crippen LogP contribution in [0, 0.1) is 5.82 Å². The maximum atomic E-state index is 13.3. The minimum Gasteiger partial charge on any atom is -0.392 e. The van der Waals surface area contributed by atoms with Crippen LogP contribution in [0.4, 0.5) is 4.39 Å². The zero-order chi connectivity index (χ0) is 11.5. The number of halogens is 1. The Kier molecular flexibility index (Phi) is 3.19. The Morgan fingerprint density at radius 1 is 1.50 bits per heavy atom. The van der Waals surface area contributed by atoms with Gasteiger partial charge >= 0.3 is 0 Å². The number of rotatable bonds is 3. The third kappa shape index (κ3) is 2.22. The van der Waals surface area contributed by atoms with Gasteiger partial charge in [0.2, 0.25) is 0 Å². The molecule has 2 rings (SSSR count). The number of hydrogen-bond acceptors (Lipinski definition) is 2. The first kappa shape index (κ1) is 11.1. The molecule has 1 aromatic carbocycles. The zero-order valence-electron chi connectivity index (χ0n) is 8.87. The van der Waals surface area contributed by atoms with Crippen LogP contribution in [-0.4, -0.2) is 17.1 Å². The molecular formula is C12H14FNO2. The average Bonchev–Trinajstić information content (AvgIpc) is 2.23. The van der Waals surface area contributed by atoms with Crippen LogP contribution in [0.5, 0.6) is 0 Å². The fraction of sp³-hybridized carbons (Fsp3) is 0.417. The van der Waals surface area contributed by atoms with Crippen LogP contribution in [0.2, 0.25) is 0 Å². The molecule has 2 N–H and O–H groups in total. The van der Waals surface area contributed by atoms with Crippen molar-refractivity contribution in [1.29, 1.82) is 0 Å². The van der Waals surface area contributed by atoms with Crippen LogP contribution in [0.3, 0.4) is 0 Å². The summed E-state index contributed by atoms with van der Waals surface area (Å²) in [5.74, 6) is -0.781. The highest BCUT2D eigenvalue weighted by molar-refractivity contribution is 5.94. The summed E-state index contributed by atoms with van der Waals surface area (Å²) in [5, 5.41) is 11.6. The van der Waals surface area contributed by atoms with E-state index in [4.69, 9.17) is 5.11 Å². The second-order valence-electron chi connectivity index (χ2n) is 4.07. The minimum absolute atomic E-state index is 0.209. The SMILES string of the molecule is O=C(NC1CCC1)c1ccc(CO)c(F)c1. The fourth-order valence-corrected chi connectivity index (χ4v) is 1.64. The molecular weight excluding hydrogens is 209 g/mol. The normalized spacial score (nSPS) is 15.6. The quantitative estimate of drug-likeness (QED) is 0.817. The molecule has 0 radical (unpaired) electrons.